The largest absolute Gasteiger partial charge is 0.370 e. The van der Waals surface area contributed by atoms with Gasteiger partial charge in [0.2, 0.25) is 5.91 Å². The Kier molecular flexibility index (Phi) is 6.91. The number of carbonyl (C=O) groups excluding carboxylic acids is 1. The van der Waals surface area contributed by atoms with Crippen LogP contribution in [-0.2, 0) is 4.79 Å². The number of nitrogens with zero attached hydrogens (tertiary/aromatic N) is 3. The Labute approximate surface area is 127 Å². The van der Waals surface area contributed by atoms with Crippen molar-refractivity contribution in [2.24, 2.45) is 5.73 Å². The number of hydrogen-bond acceptors (Lipinski definition) is 5. The number of amides is 1. The van der Waals surface area contributed by atoms with Crippen molar-refractivity contribution in [1.29, 1.82) is 0 Å². The van der Waals surface area contributed by atoms with E-state index in [0.717, 1.165) is 43.1 Å². The van der Waals surface area contributed by atoms with Gasteiger partial charge in [-0.15, -0.1) is 0 Å². The molecule has 1 rings (SSSR count). The van der Waals surface area contributed by atoms with Crippen LogP contribution in [0.2, 0.25) is 0 Å². The highest BCUT2D eigenvalue weighted by molar-refractivity contribution is 5.80. The summed E-state index contributed by atoms with van der Waals surface area (Å²) in [6.45, 7) is 10.1. The Morgan fingerprint density at radius 3 is 2.62 bits per heavy atom. The van der Waals surface area contributed by atoms with Crippen LogP contribution in [0.3, 0.4) is 0 Å². The Balaban J connectivity index is 3.21. The molecule has 1 heterocycles. The molecular weight excluding hydrogens is 266 g/mol. The minimum absolute atomic E-state index is 0.183. The number of aromatic nitrogens is 2. The lowest BCUT2D eigenvalue weighted by Crippen LogP contribution is -2.36. The van der Waals surface area contributed by atoms with Crippen molar-refractivity contribution in [3.63, 3.8) is 0 Å². The summed E-state index contributed by atoms with van der Waals surface area (Å²) in [6.07, 6.45) is 3.59. The minimum atomic E-state index is -0.343. The molecule has 0 atom stereocenters. The molecule has 0 aliphatic rings. The number of nitrogens with two attached hydrogens (primary N) is 1. The molecule has 6 heteroatoms. The van der Waals surface area contributed by atoms with Gasteiger partial charge < -0.3 is 16.0 Å². The van der Waals surface area contributed by atoms with Gasteiger partial charge in [0, 0.05) is 18.7 Å². The van der Waals surface area contributed by atoms with Gasteiger partial charge in [-0.3, -0.25) is 4.79 Å². The molecule has 0 saturated carbocycles. The number of hydrogen-bond donors (Lipinski definition) is 2. The average Bonchev–Trinajstić information content (AvgIpc) is 2.43. The van der Waals surface area contributed by atoms with Crippen molar-refractivity contribution >= 4 is 17.5 Å². The second kappa shape index (κ2) is 8.44. The van der Waals surface area contributed by atoms with E-state index in [1.54, 1.807) is 6.33 Å². The summed E-state index contributed by atoms with van der Waals surface area (Å²) in [6, 6.07) is 0. The normalized spacial score (nSPS) is 10.7. The van der Waals surface area contributed by atoms with Crippen LogP contribution in [-0.4, -0.2) is 35.5 Å². The molecule has 6 nitrogen and oxygen atoms in total. The summed E-state index contributed by atoms with van der Waals surface area (Å²) < 4.78 is 0. The molecule has 1 aromatic heterocycles. The maximum Gasteiger partial charge on any atom is 0.236 e. The highest BCUT2D eigenvalue weighted by atomic mass is 16.1. The molecule has 0 aliphatic heterocycles. The summed E-state index contributed by atoms with van der Waals surface area (Å²) in [5.74, 6) is 1.56. The van der Waals surface area contributed by atoms with Crippen LogP contribution in [0, 0.1) is 0 Å². The monoisotopic (exact) mass is 293 g/mol. The van der Waals surface area contributed by atoms with Crippen molar-refractivity contribution in [2.45, 2.75) is 46.5 Å². The van der Waals surface area contributed by atoms with Gasteiger partial charge in [-0.05, 0) is 19.3 Å². The molecule has 0 unspecified atom stereocenters. The van der Waals surface area contributed by atoms with Crippen LogP contribution in [0.25, 0.3) is 0 Å². The van der Waals surface area contributed by atoms with Crippen LogP contribution < -0.4 is 16.0 Å². The van der Waals surface area contributed by atoms with E-state index in [4.69, 9.17) is 5.73 Å². The van der Waals surface area contributed by atoms with Crippen LogP contribution >= 0.6 is 0 Å². The number of anilines is 2. The molecule has 1 amide bonds. The zero-order valence-electron chi connectivity index (χ0n) is 13.5. The van der Waals surface area contributed by atoms with Crippen molar-refractivity contribution in [1.82, 2.24) is 9.97 Å². The zero-order valence-corrected chi connectivity index (χ0v) is 13.5. The minimum Gasteiger partial charge on any atom is -0.370 e. The zero-order chi connectivity index (χ0) is 15.8. The second-order valence-electron chi connectivity index (χ2n) is 5.39. The van der Waals surface area contributed by atoms with Gasteiger partial charge >= 0.3 is 0 Å². The van der Waals surface area contributed by atoms with Crippen molar-refractivity contribution in [3.8, 4) is 0 Å². The fraction of sp³-hybridized carbons (Fsp3) is 0.667. The van der Waals surface area contributed by atoms with E-state index >= 15 is 0 Å². The van der Waals surface area contributed by atoms with Crippen molar-refractivity contribution < 1.29 is 4.79 Å². The second-order valence-corrected chi connectivity index (χ2v) is 5.39. The third-order valence-electron chi connectivity index (χ3n) is 3.21. The molecular formula is C15H27N5O. The Hall–Kier alpha value is -1.85. The molecule has 0 aliphatic carbocycles. The predicted molar refractivity (Wildman–Crippen MR) is 86.6 cm³/mol. The van der Waals surface area contributed by atoms with Crippen LogP contribution in [0.4, 0.5) is 11.6 Å². The van der Waals surface area contributed by atoms with Gasteiger partial charge in [0.25, 0.3) is 0 Å². The molecule has 3 N–H and O–H groups in total. The van der Waals surface area contributed by atoms with Gasteiger partial charge in [0.15, 0.2) is 0 Å². The molecule has 0 fully saturated rings. The van der Waals surface area contributed by atoms with Gasteiger partial charge in [-0.2, -0.15) is 0 Å². The first-order chi connectivity index (χ1) is 10.0. The first kappa shape index (κ1) is 17.2. The number of unbranched alkanes of at least 4 members (excludes halogenated alkanes) is 1. The summed E-state index contributed by atoms with van der Waals surface area (Å²) in [7, 11) is 0. The van der Waals surface area contributed by atoms with Crippen LogP contribution in [0.1, 0.15) is 52.0 Å². The van der Waals surface area contributed by atoms with E-state index in [2.05, 4.69) is 36.1 Å². The smallest absolute Gasteiger partial charge is 0.236 e. The average molecular weight is 293 g/mol. The van der Waals surface area contributed by atoms with E-state index in [-0.39, 0.29) is 18.4 Å². The summed E-state index contributed by atoms with van der Waals surface area (Å²) in [5, 5.41) is 3.27. The first-order valence-corrected chi connectivity index (χ1v) is 7.63. The lowest BCUT2D eigenvalue weighted by molar-refractivity contribution is -0.116. The fourth-order valence-corrected chi connectivity index (χ4v) is 2.28. The van der Waals surface area contributed by atoms with E-state index in [0.29, 0.717) is 0 Å². The van der Waals surface area contributed by atoms with Gasteiger partial charge in [0.05, 0.1) is 6.54 Å². The maximum atomic E-state index is 11.4. The highest BCUT2D eigenvalue weighted by Gasteiger charge is 2.20. The molecule has 0 saturated heterocycles. The highest BCUT2D eigenvalue weighted by Crippen LogP contribution is 2.30. The lowest BCUT2D eigenvalue weighted by atomic mass is 10.0. The molecule has 21 heavy (non-hydrogen) atoms. The van der Waals surface area contributed by atoms with E-state index < -0.39 is 0 Å². The maximum absolute atomic E-state index is 11.4. The number of rotatable bonds is 9. The number of primary amides is 1. The predicted octanol–water partition coefficient (Wildman–Crippen LogP) is 2.12. The Morgan fingerprint density at radius 1 is 1.38 bits per heavy atom. The standard InChI is InChI=1S/C15H27N5O/c1-5-7-8-20(9-12(16)21)15-13(11(3)4)14(17-6-2)18-10-19-15/h10-11H,5-9H2,1-4H3,(H2,16,21)(H,17,18,19). The SMILES string of the molecule is CCCCN(CC(N)=O)c1ncnc(NCC)c1C(C)C. The summed E-state index contributed by atoms with van der Waals surface area (Å²) in [5.41, 5.74) is 6.42. The van der Waals surface area contributed by atoms with Gasteiger partial charge in [0.1, 0.15) is 18.0 Å². The molecule has 118 valence electrons. The molecule has 0 bridgehead atoms. The summed E-state index contributed by atoms with van der Waals surface area (Å²) in [4.78, 5) is 22.1. The van der Waals surface area contributed by atoms with E-state index in [1.165, 1.54) is 0 Å². The molecule has 0 aromatic carbocycles. The Bertz CT molecular complexity index is 461. The number of nitrogens with one attached hydrogen (secondary N) is 1. The van der Waals surface area contributed by atoms with Crippen LogP contribution in [0.15, 0.2) is 6.33 Å². The third-order valence-corrected chi connectivity index (χ3v) is 3.21. The topological polar surface area (TPSA) is 84.1 Å². The lowest BCUT2D eigenvalue weighted by Gasteiger charge is -2.26. The van der Waals surface area contributed by atoms with Gasteiger partial charge in [-0.1, -0.05) is 27.2 Å². The van der Waals surface area contributed by atoms with Crippen LogP contribution in [0.5, 0.6) is 0 Å². The fourth-order valence-electron chi connectivity index (χ4n) is 2.28. The van der Waals surface area contributed by atoms with Crippen molar-refractivity contribution in [3.05, 3.63) is 11.9 Å². The first-order valence-electron chi connectivity index (χ1n) is 7.63. The van der Waals surface area contributed by atoms with Gasteiger partial charge in [-0.25, -0.2) is 9.97 Å². The molecule has 0 spiro atoms. The van der Waals surface area contributed by atoms with Crippen molar-refractivity contribution in [2.75, 3.05) is 29.9 Å². The number of carbonyl (C=O) groups is 1. The van der Waals surface area contributed by atoms with E-state index in [9.17, 15) is 4.79 Å². The third kappa shape index (κ3) is 4.88. The quantitative estimate of drug-likeness (QED) is 0.728. The Morgan fingerprint density at radius 2 is 2.10 bits per heavy atom. The summed E-state index contributed by atoms with van der Waals surface area (Å²) >= 11 is 0. The molecule has 0 radical (unpaired) electrons. The van der Waals surface area contributed by atoms with E-state index in [1.807, 2.05) is 11.8 Å². The molecule has 1 aromatic rings.